The van der Waals surface area contributed by atoms with Gasteiger partial charge in [-0.3, -0.25) is 4.90 Å². The lowest BCUT2D eigenvalue weighted by molar-refractivity contribution is 0.00355. The Labute approximate surface area is 108 Å². The first-order valence-corrected chi connectivity index (χ1v) is 7.25. The topological polar surface area (TPSA) is 15.7 Å². The Morgan fingerprint density at radius 2 is 1.56 bits per heavy atom. The van der Waals surface area contributed by atoms with Crippen molar-refractivity contribution in [3.63, 3.8) is 0 Å². The summed E-state index contributed by atoms with van der Waals surface area (Å²) < 4.78 is 5.45. The van der Waals surface area contributed by atoms with Crippen molar-refractivity contribution in [3.05, 3.63) is 0 Å². The van der Waals surface area contributed by atoms with E-state index in [9.17, 15) is 0 Å². The van der Waals surface area contributed by atoms with Crippen LogP contribution in [0.25, 0.3) is 0 Å². The summed E-state index contributed by atoms with van der Waals surface area (Å²) in [6, 6.07) is 0. The summed E-state index contributed by atoms with van der Waals surface area (Å²) >= 11 is 3.49. The molecule has 4 heteroatoms. The van der Waals surface area contributed by atoms with Crippen LogP contribution in [0, 0.1) is 0 Å². The Morgan fingerprint density at radius 1 is 1.06 bits per heavy atom. The van der Waals surface area contributed by atoms with E-state index >= 15 is 0 Å². The van der Waals surface area contributed by atoms with Crippen molar-refractivity contribution < 1.29 is 4.74 Å². The van der Waals surface area contributed by atoms with Gasteiger partial charge in [-0.2, -0.15) is 0 Å². The highest BCUT2D eigenvalue weighted by molar-refractivity contribution is 9.09. The number of alkyl halides is 1. The monoisotopic (exact) mass is 292 g/mol. The van der Waals surface area contributed by atoms with Gasteiger partial charge in [-0.25, -0.2) is 0 Å². The van der Waals surface area contributed by atoms with Crippen LogP contribution in [0.3, 0.4) is 0 Å². The van der Waals surface area contributed by atoms with Gasteiger partial charge in [0.25, 0.3) is 0 Å². The first-order valence-electron chi connectivity index (χ1n) is 6.13. The third-order valence-electron chi connectivity index (χ3n) is 3.45. The van der Waals surface area contributed by atoms with Crippen LogP contribution in [0.5, 0.6) is 0 Å². The molecular weight excluding hydrogens is 268 g/mol. The molecule has 0 aromatic heterocycles. The van der Waals surface area contributed by atoms with E-state index in [-0.39, 0.29) is 5.60 Å². The molecule has 0 aromatic carbocycles. The zero-order valence-corrected chi connectivity index (χ0v) is 12.4. The van der Waals surface area contributed by atoms with Crippen LogP contribution >= 0.6 is 15.9 Å². The van der Waals surface area contributed by atoms with Crippen LogP contribution < -0.4 is 0 Å². The standard InChI is InChI=1S/C12H25BrN2O/c1-12(2,16-3)4-6-14-8-10-15(7-5-13)11-9-14/h4-11H2,1-3H3. The van der Waals surface area contributed by atoms with E-state index < -0.39 is 0 Å². The van der Waals surface area contributed by atoms with Crippen molar-refractivity contribution in [1.82, 2.24) is 9.80 Å². The van der Waals surface area contributed by atoms with E-state index in [1.807, 2.05) is 0 Å². The van der Waals surface area contributed by atoms with Gasteiger partial charge in [0.1, 0.15) is 0 Å². The fourth-order valence-electron chi connectivity index (χ4n) is 1.89. The van der Waals surface area contributed by atoms with Crippen molar-refractivity contribution in [1.29, 1.82) is 0 Å². The Morgan fingerprint density at radius 3 is 2.00 bits per heavy atom. The first-order chi connectivity index (χ1) is 7.57. The maximum atomic E-state index is 5.45. The van der Waals surface area contributed by atoms with Crippen LogP contribution in [0.15, 0.2) is 0 Å². The lowest BCUT2D eigenvalue weighted by Gasteiger charge is -2.36. The van der Waals surface area contributed by atoms with Gasteiger partial charge in [0.15, 0.2) is 0 Å². The predicted octanol–water partition coefficient (Wildman–Crippen LogP) is 1.81. The highest BCUT2D eigenvalue weighted by Gasteiger charge is 2.20. The van der Waals surface area contributed by atoms with Gasteiger partial charge in [0.05, 0.1) is 5.60 Å². The van der Waals surface area contributed by atoms with Gasteiger partial charge in [0.2, 0.25) is 0 Å². The van der Waals surface area contributed by atoms with E-state index in [2.05, 4.69) is 39.6 Å². The molecule has 0 spiro atoms. The Kier molecular flexibility index (Phi) is 6.26. The Bertz CT molecular complexity index is 191. The third-order valence-corrected chi connectivity index (χ3v) is 3.80. The average Bonchev–Trinajstić information content (AvgIpc) is 2.29. The highest BCUT2D eigenvalue weighted by Crippen LogP contribution is 2.14. The second kappa shape index (κ2) is 6.94. The molecule has 16 heavy (non-hydrogen) atoms. The molecule has 0 aromatic rings. The summed E-state index contributed by atoms with van der Waals surface area (Å²) in [5, 5.41) is 1.09. The number of hydrogen-bond acceptors (Lipinski definition) is 3. The zero-order valence-electron chi connectivity index (χ0n) is 10.8. The molecule has 0 aliphatic carbocycles. The summed E-state index contributed by atoms with van der Waals surface area (Å²) in [5.41, 5.74) is 0.0208. The van der Waals surface area contributed by atoms with Crippen LogP contribution in [0.2, 0.25) is 0 Å². The average molecular weight is 293 g/mol. The van der Waals surface area contributed by atoms with E-state index in [4.69, 9.17) is 4.74 Å². The molecule has 1 saturated heterocycles. The zero-order chi connectivity index (χ0) is 12.0. The van der Waals surface area contributed by atoms with Gasteiger partial charge in [-0.1, -0.05) is 15.9 Å². The smallest absolute Gasteiger partial charge is 0.0634 e. The second-order valence-corrected chi connectivity index (χ2v) is 5.88. The summed E-state index contributed by atoms with van der Waals surface area (Å²) in [5.74, 6) is 0. The molecule has 1 heterocycles. The van der Waals surface area contributed by atoms with Crippen molar-refractivity contribution in [3.8, 4) is 0 Å². The summed E-state index contributed by atoms with van der Waals surface area (Å²) in [4.78, 5) is 5.07. The van der Waals surface area contributed by atoms with Crippen LogP contribution in [0.4, 0.5) is 0 Å². The summed E-state index contributed by atoms with van der Waals surface area (Å²) in [6.45, 7) is 11.5. The molecule has 1 fully saturated rings. The number of rotatable bonds is 6. The van der Waals surface area contributed by atoms with Gasteiger partial charge < -0.3 is 9.64 Å². The van der Waals surface area contributed by atoms with E-state index in [0.29, 0.717) is 0 Å². The van der Waals surface area contributed by atoms with Crippen LogP contribution in [-0.4, -0.2) is 67.1 Å². The fourth-order valence-corrected chi connectivity index (χ4v) is 2.39. The molecule has 1 rings (SSSR count). The van der Waals surface area contributed by atoms with Gasteiger partial charge in [0, 0.05) is 51.7 Å². The van der Waals surface area contributed by atoms with Crippen molar-refractivity contribution in [2.45, 2.75) is 25.9 Å². The molecule has 0 N–H and O–H groups in total. The molecule has 1 aliphatic heterocycles. The number of nitrogens with zero attached hydrogens (tertiary/aromatic N) is 2. The van der Waals surface area contributed by atoms with E-state index in [1.165, 1.54) is 32.7 Å². The molecule has 96 valence electrons. The lowest BCUT2D eigenvalue weighted by Crippen LogP contribution is -2.47. The number of hydrogen-bond donors (Lipinski definition) is 0. The van der Waals surface area contributed by atoms with Crippen LogP contribution in [-0.2, 0) is 4.74 Å². The van der Waals surface area contributed by atoms with Crippen molar-refractivity contribution in [2.75, 3.05) is 51.7 Å². The SMILES string of the molecule is COC(C)(C)CCN1CCN(CCBr)CC1. The van der Waals surface area contributed by atoms with Gasteiger partial charge >= 0.3 is 0 Å². The molecule has 0 radical (unpaired) electrons. The second-order valence-electron chi connectivity index (χ2n) is 5.09. The lowest BCUT2D eigenvalue weighted by atomic mass is 10.0. The maximum absolute atomic E-state index is 5.45. The molecular formula is C12H25BrN2O. The molecule has 0 saturated carbocycles. The molecule has 0 bridgehead atoms. The molecule has 0 unspecified atom stereocenters. The molecule has 3 nitrogen and oxygen atoms in total. The van der Waals surface area contributed by atoms with Crippen molar-refractivity contribution >= 4 is 15.9 Å². The number of piperazine rings is 1. The maximum Gasteiger partial charge on any atom is 0.0634 e. The largest absolute Gasteiger partial charge is 0.379 e. The van der Waals surface area contributed by atoms with Crippen molar-refractivity contribution in [2.24, 2.45) is 0 Å². The Balaban J connectivity index is 2.17. The highest BCUT2D eigenvalue weighted by atomic mass is 79.9. The van der Waals surface area contributed by atoms with E-state index in [0.717, 1.165) is 18.3 Å². The quantitative estimate of drug-likeness (QED) is 0.695. The van der Waals surface area contributed by atoms with Gasteiger partial charge in [-0.05, 0) is 20.3 Å². The fraction of sp³-hybridized carbons (Fsp3) is 1.00. The third kappa shape index (κ3) is 5.13. The first kappa shape index (κ1) is 14.4. The summed E-state index contributed by atoms with van der Waals surface area (Å²) in [6.07, 6.45) is 1.11. The normalized spacial score (nSPS) is 20.2. The number of ether oxygens (including phenoxy) is 1. The summed E-state index contributed by atoms with van der Waals surface area (Å²) in [7, 11) is 1.80. The van der Waals surface area contributed by atoms with Crippen LogP contribution in [0.1, 0.15) is 20.3 Å². The number of methoxy groups -OCH3 is 1. The predicted molar refractivity (Wildman–Crippen MR) is 72.4 cm³/mol. The molecule has 1 aliphatic rings. The molecule has 0 amide bonds. The Hall–Kier alpha value is 0.360. The van der Waals surface area contributed by atoms with E-state index in [1.54, 1.807) is 7.11 Å². The minimum absolute atomic E-state index is 0.0208. The molecule has 0 atom stereocenters. The minimum Gasteiger partial charge on any atom is -0.379 e. The minimum atomic E-state index is 0.0208. The van der Waals surface area contributed by atoms with Gasteiger partial charge in [-0.15, -0.1) is 0 Å². The number of halogens is 1.